The van der Waals surface area contributed by atoms with Crippen LogP contribution in [0.1, 0.15) is 24.4 Å². The maximum Gasteiger partial charge on any atom is 0.181 e. The van der Waals surface area contributed by atoms with Gasteiger partial charge in [0.2, 0.25) is 0 Å². The fraction of sp³-hybridized carbons (Fsp3) is 0.417. The van der Waals surface area contributed by atoms with Crippen LogP contribution >= 0.6 is 0 Å². The van der Waals surface area contributed by atoms with Gasteiger partial charge in [-0.3, -0.25) is 0 Å². The molecule has 1 aliphatic carbocycles. The highest BCUT2D eigenvalue weighted by atomic mass is 16.3. The van der Waals surface area contributed by atoms with Gasteiger partial charge in [0.1, 0.15) is 5.52 Å². The number of hydrogen-bond acceptors (Lipinski definition) is 4. The van der Waals surface area contributed by atoms with Crippen LogP contribution in [-0.4, -0.2) is 17.6 Å². The summed E-state index contributed by atoms with van der Waals surface area (Å²) in [5, 5.41) is 3.43. The second-order valence-corrected chi connectivity index (χ2v) is 4.37. The molecule has 3 rings (SSSR count). The first kappa shape index (κ1) is 9.81. The van der Waals surface area contributed by atoms with Gasteiger partial charge in [0.05, 0.1) is 0 Å². The van der Waals surface area contributed by atoms with Gasteiger partial charge in [-0.05, 0) is 30.5 Å². The molecule has 0 radical (unpaired) electrons. The molecule has 4 heteroatoms. The number of hydrogen-bond donors (Lipinski definition) is 2. The molecule has 16 heavy (non-hydrogen) atoms. The van der Waals surface area contributed by atoms with E-state index in [-0.39, 0.29) is 6.04 Å². The molecular weight excluding hydrogens is 202 g/mol. The maximum absolute atomic E-state index is 6.11. The molecule has 2 aromatic rings. The molecular formula is C12H15N3O. The number of fused-ring (bicyclic) bond motifs is 1. The summed E-state index contributed by atoms with van der Waals surface area (Å²) >= 11 is 0. The Kier molecular flexibility index (Phi) is 2.38. The van der Waals surface area contributed by atoms with Gasteiger partial charge < -0.3 is 15.5 Å². The molecule has 84 valence electrons. The van der Waals surface area contributed by atoms with E-state index in [1.807, 2.05) is 18.2 Å². The molecule has 0 saturated heterocycles. The molecule has 0 bridgehead atoms. The lowest BCUT2D eigenvalue weighted by Gasteiger charge is -2.12. The highest BCUT2D eigenvalue weighted by Gasteiger charge is 2.21. The summed E-state index contributed by atoms with van der Waals surface area (Å²) in [6, 6.07) is 6.66. The van der Waals surface area contributed by atoms with E-state index in [0.717, 1.165) is 23.2 Å². The summed E-state index contributed by atoms with van der Waals surface area (Å²) in [6.07, 6.45) is 4.03. The van der Waals surface area contributed by atoms with Gasteiger partial charge in [0, 0.05) is 18.6 Å². The Hall–Kier alpha value is -1.39. The molecule has 1 aliphatic rings. The summed E-state index contributed by atoms with van der Waals surface area (Å²) < 4.78 is 5.26. The molecule has 1 fully saturated rings. The lowest BCUT2D eigenvalue weighted by Crippen LogP contribution is -2.28. The van der Waals surface area contributed by atoms with Gasteiger partial charge in [-0.15, -0.1) is 0 Å². The van der Waals surface area contributed by atoms with E-state index < -0.39 is 0 Å². The number of nitrogens with one attached hydrogen (secondary N) is 1. The fourth-order valence-corrected chi connectivity index (χ4v) is 1.80. The highest BCUT2D eigenvalue weighted by molar-refractivity contribution is 5.72. The van der Waals surface area contributed by atoms with Crippen molar-refractivity contribution in [2.75, 3.05) is 6.54 Å². The Bertz CT molecular complexity index is 490. The zero-order valence-corrected chi connectivity index (χ0v) is 9.02. The molecule has 1 unspecified atom stereocenters. The van der Waals surface area contributed by atoms with Crippen molar-refractivity contribution < 1.29 is 4.42 Å². The quantitative estimate of drug-likeness (QED) is 0.816. The van der Waals surface area contributed by atoms with Crippen LogP contribution in [0.3, 0.4) is 0 Å². The Morgan fingerprint density at radius 3 is 3.19 bits per heavy atom. The Morgan fingerprint density at radius 1 is 1.50 bits per heavy atom. The topological polar surface area (TPSA) is 64.1 Å². The zero-order chi connectivity index (χ0) is 11.0. The Balaban J connectivity index is 1.75. The minimum Gasteiger partial charge on any atom is -0.443 e. The van der Waals surface area contributed by atoms with Gasteiger partial charge >= 0.3 is 0 Å². The predicted molar refractivity (Wildman–Crippen MR) is 62.0 cm³/mol. The van der Waals surface area contributed by atoms with E-state index in [1.54, 1.807) is 0 Å². The Morgan fingerprint density at radius 2 is 2.38 bits per heavy atom. The largest absolute Gasteiger partial charge is 0.443 e. The third-order valence-electron chi connectivity index (χ3n) is 2.99. The first-order chi connectivity index (χ1) is 7.83. The van der Waals surface area contributed by atoms with Crippen LogP contribution in [0.4, 0.5) is 0 Å². The second-order valence-electron chi connectivity index (χ2n) is 4.37. The highest BCUT2D eigenvalue weighted by Crippen LogP contribution is 2.21. The standard InChI is InChI=1S/C12H15N3O/c13-10(6-14-9-2-3-9)8-1-4-11-12(5-8)16-7-15-11/h1,4-5,7,9-10,14H,2-3,6,13H2. The van der Waals surface area contributed by atoms with Gasteiger partial charge in [-0.2, -0.15) is 0 Å². The van der Waals surface area contributed by atoms with Crippen LogP contribution in [0.5, 0.6) is 0 Å². The molecule has 1 heterocycles. The summed E-state index contributed by atoms with van der Waals surface area (Å²) in [6.45, 7) is 0.824. The zero-order valence-electron chi connectivity index (χ0n) is 9.02. The average Bonchev–Trinajstić information content (AvgIpc) is 3.01. The van der Waals surface area contributed by atoms with Crippen LogP contribution in [0.25, 0.3) is 11.1 Å². The van der Waals surface area contributed by atoms with Gasteiger partial charge in [0.25, 0.3) is 0 Å². The van der Waals surface area contributed by atoms with Gasteiger partial charge in [-0.25, -0.2) is 4.98 Å². The van der Waals surface area contributed by atoms with Crippen molar-refractivity contribution in [3.8, 4) is 0 Å². The van der Waals surface area contributed by atoms with Crippen molar-refractivity contribution in [1.29, 1.82) is 0 Å². The first-order valence-electron chi connectivity index (χ1n) is 5.65. The van der Waals surface area contributed by atoms with Gasteiger partial charge in [-0.1, -0.05) is 6.07 Å². The molecule has 1 aromatic carbocycles. The van der Waals surface area contributed by atoms with Crippen LogP contribution in [-0.2, 0) is 0 Å². The first-order valence-corrected chi connectivity index (χ1v) is 5.65. The van der Waals surface area contributed by atoms with Crippen molar-refractivity contribution in [1.82, 2.24) is 10.3 Å². The average molecular weight is 217 g/mol. The third kappa shape index (κ3) is 1.94. The van der Waals surface area contributed by atoms with E-state index in [0.29, 0.717) is 6.04 Å². The van der Waals surface area contributed by atoms with E-state index in [4.69, 9.17) is 10.2 Å². The fourth-order valence-electron chi connectivity index (χ4n) is 1.80. The number of nitrogens with two attached hydrogens (primary N) is 1. The summed E-state index contributed by atoms with van der Waals surface area (Å²) in [7, 11) is 0. The normalized spacial score (nSPS) is 17.8. The molecule has 3 N–H and O–H groups in total. The number of rotatable bonds is 4. The number of nitrogens with zero attached hydrogens (tertiary/aromatic N) is 1. The molecule has 1 atom stereocenters. The molecule has 0 aliphatic heterocycles. The summed E-state index contributed by atoms with van der Waals surface area (Å²) in [5.74, 6) is 0. The summed E-state index contributed by atoms with van der Waals surface area (Å²) in [4.78, 5) is 4.08. The van der Waals surface area contributed by atoms with Crippen LogP contribution in [0.2, 0.25) is 0 Å². The third-order valence-corrected chi connectivity index (χ3v) is 2.99. The molecule has 4 nitrogen and oxygen atoms in total. The van der Waals surface area contributed by atoms with Crippen LogP contribution < -0.4 is 11.1 Å². The van der Waals surface area contributed by atoms with E-state index in [2.05, 4.69) is 10.3 Å². The number of benzene rings is 1. The van der Waals surface area contributed by atoms with Crippen LogP contribution in [0.15, 0.2) is 29.0 Å². The molecule has 1 saturated carbocycles. The van der Waals surface area contributed by atoms with Crippen molar-refractivity contribution >= 4 is 11.1 Å². The monoisotopic (exact) mass is 217 g/mol. The summed E-state index contributed by atoms with van der Waals surface area (Å²) in [5.41, 5.74) is 8.89. The van der Waals surface area contributed by atoms with Crippen molar-refractivity contribution in [3.63, 3.8) is 0 Å². The predicted octanol–water partition coefficient (Wildman–Crippen LogP) is 1.58. The van der Waals surface area contributed by atoms with Crippen LogP contribution in [0, 0.1) is 0 Å². The SMILES string of the molecule is NC(CNC1CC1)c1ccc2ncoc2c1. The van der Waals surface area contributed by atoms with Crippen molar-refractivity contribution in [2.45, 2.75) is 24.9 Å². The second kappa shape index (κ2) is 3.88. The van der Waals surface area contributed by atoms with E-state index >= 15 is 0 Å². The molecule has 0 spiro atoms. The Labute approximate surface area is 93.8 Å². The van der Waals surface area contributed by atoms with Gasteiger partial charge in [0.15, 0.2) is 12.0 Å². The van der Waals surface area contributed by atoms with Crippen molar-refractivity contribution in [2.24, 2.45) is 5.73 Å². The minimum atomic E-state index is 0.0232. The lowest BCUT2D eigenvalue weighted by molar-refractivity contribution is 0.588. The van der Waals surface area contributed by atoms with E-state index in [9.17, 15) is 0 Å². The number of aromatic nitrogens is 1. The smallest absolute Gasteiger partial charge is 0.181 e. The lowest BCUT2D eigenvalue weighted by atomic mass is 10.1. The van der Waals surface area contributed by atoms with Crippen molar-refractivity contribution in [3.05, 3.63) is 30.2 Å². The number of oxazole rings is 1. The molecule has 1 aromatic heterocycles. The van der Waals surface area contributed by atoms with E-state index in [1.165, 1.54) is 19.2 Å². The minimum absolute atomic E-state index is 0.0232. The maximum atomic E-state index is 6.11. The molecule has 0 amide bonds.